The van der Waals surface area contributed by atoms with E-state index in [-0.39, 0.29) is 56.1 Å². The van der Waals surface area contributed by atoms with Crippen molar-refractivity contribution in [3.63, 3.8) is 0 Å². The first-order valence-electron chi connectivity index (χ1n) is 11.3. The van der Waals surface area contributed by atoms with Crippen LogP contribution in [-0.2, 0) is 44.0 Å². The van der Waals surface area contributed by atoms with Crippen molar-refractivity contribution in [3.8, 4) is 0 Å². The van der Waals surface area contributed by atoms with Crippen LogP contribution in [0.5, 0.6) is 0 Å². The molecule has 2 rings (SSSR count). The maximum Gasteiger partial charge on any atom is 1.00 e. The first-order chi connectivity index (χ1) is 15.4. The van der Waals surface area contributed by atoms with Crippen molar-refractivity contribution in [2.75, 3.05) is 18.3 Å². The van der Waals surface area contributed by atoms with Gasteiger partial charge in [-0.25, -0.2) is 9.35 Å². The van der Waals surface area contributed by atoms with Gasteiger partial charge < -0.3 is 37.6 Å². The predicted octanol–water partition coefficient (Wildman–Crippen LogP) is 2.11. The number of nitrogens with two attached hydrogens (primary N) is 2. The van der Waals surface area contributed by atoms with Gasteiger partial charge in [0.25, 0.3) is 0 Å². The Hall–Kier alpha value is -2.26. The average molecular weight is 627 g/mol. The van der Waals surface area contributed by atoms with E-state index in [1.54, 1.807) is 16.3 Å². The Morgan fingerprint density at radius 3 is 0.838 bits per heavy atom. The smallest absolute Gasteiger partial charge is 0.412 e. The van der Waals surface area contributed by atoms with Crippen LogP contribution in [0.1, 0.15) is 113 Å². The summed E-state index contributed by atoms with van der Waals surface area (Å²) in [6.45, 7) is 26.8. The summed E-state index contributed by atoms with van der Waals surface area (Å²) in [7, 11) is 0. The molecule has 222 valence electrons. The van der Waals surface area contributed by atoms with Gasteiger partial charge in [-0.15, -0.1) is 20.4 Å². The SMILES string of the molecule is CC(C)(C)c1nnc(C(C)(C)C)n1N.CC(C)(C)c1nnc(C(C)(C)C)n1N.CCO.O.O=[N+]([O-])[O-].[Ag+]. The molecular weight excluding hydrogens is 578 g/mol. The molecule has 2 aromatic heterocycles. The van der Waals surface area contributed by atoms with Crippen molar-refractivity contribution in [1.82, 2.24) is 29.7 Å². The molecule has 0 saturated carbocycles. The molecule has 37 heavy (non-hydrogen) atoms. The minimum atomic E-state index is -1.75. The van der Waals surface area contributed by atoms with E-state index in [1.165, 1.54) is 0 Å². The minimum Gasteiger partial charge on any atom is -0.412 e. The van der Waals surface area contributed by atoms with Crippen molar-refractivity contribution < 1.29 is 38.0 Å². The summed E-state index contributed by atoms with van der Waals surface area (Å²) in [5, 5.41) is 38.9. The van der Waals surface area contributed by atoms with Gasteiger partial charge in [0.15, 0.2) is 23.3 Å². The van der Waals surface area contributed by atoms with Gasteiger partial charge in [-0.05, 0) is 6.92 Å². The van der Waals surface area contributed by atoms with Gasteiger partial charge in [0, 0.05) is 28.3 Å². The van der Waals surface area contributed by atoms with Crippen LogP contribution in [0.4, 0.5) is 0 Å². The monoisotopic (exact) mass is 625 g/mol. The van der Waals surface area contributed by atoms with Gasteiger partial charge in [0.05, 0.1) is 5.09 Å². The van der Waals surface area contributed by atoms with E-state index in [4.69, 9.17) is 32.1 Å². The topological polar surface area (TPSA) is 231 Å². The van der Waals surface area contributed by atoms with E-state index in [1.807, 2.05) is 0 Å². The number of hydrogen-bond donors (Lipinski definition) is 3. The second-order valence-corrected chi connectivity index (χ2v) is 12.0. The van der Waals surface area contributed by atoms with Crippen LogP contribution in [0.25, 0.3) is 0 Å². The van der Waals surface area contributed by atoms with Gasteiger partial charge >= 0.3 is 22.4 Å². The Labute approximate surface area is 236 Å². The largest absolute Gasteiger partial charge is 1.00 e. The number of aromatic nitrogens is 6. The summed E-state index contributed by atoms with van der Waals surface area (Å²) in [5.74, 6) is 15.2. The van der Waals surface area contributed by atoms with Crippen molar-refractivity contribution in [2.45, 2.75) is 112 Å². The summed E-state index contributed by atoms with van der Waals surface area (Å²) in [6, 6.07) is 0. The van der Waals surface area contributed by atoms with E-state index in [9.17, 15) is 0 Å². The van der Waals surface area contributed by atoms with Crippen molar-refractivity contribution in [3.05, 3.63) is 38.6 Å². The van der Waals surface area contributed by atoms with E-state index in [2.05, 4.69) is 103 Å². The van der Waals surface area contributed by atoms with Crippen LogP contribution >= 0.6 is 0 Å². The normalized spacial score (nSPS) is 11.2. The number of nitrogens with zero attached hydrogens (tertiary/aromatic N) is 7. The van der Waals surface area contributed by atoms with Crippen LogP contribution in [0.2, 0.25) is 0 Å². The Balaban J connectivity index is -0.000000226. The fourth-order valence-electron chi connectivity index (χ4n) is 2.63. The van der Waals surface area contributed by atoms with Crippen LogP contribution in [0.3, 0.4) is 0 Å². The standard InChI is InChI=1S/2C10H20N4.C2H6O.Ag.NO3.H2O/c2*1-9(2,3)7-12-13-8(14(7)11)10(4,5)6;1-2-3;;2-1(3)4;/h2*11H2,1-6H3;3H,2H2,1H3;;;1H2/q;;;+1;-1;. The Morgan fingerprint density at radius 1 is 0.676 bits per heavy atom. The third-order valence-electron chi connectivity index (χ3n) is 4.07. The summed E-state index contributed by atoms with van der Waals surface area (Å²) in [5.41, 5.74) is -0.257. The molecule has 0 aromatic carbocycles. The van der Waals surface area contributed by atoms with Crippen LogP contribution in [0.15, 0.2) is 0 Å². The molecule has 0 spiro atoms. The maximum absolute atomic E-state index is 8.25. The zero-order valence-corrected chi connectivity index (χ0v) is 25.9. The number of aliphatic hydroxyl groups excluding tert-OH is 1. The molecule has 14 nitrogen and oxygen atoms in total. The number of aliphatic hydroxyl groups is 1. The second-order valence-electron chi connectivity index (χ2n) is 12.0. The molecule has 0 fully saturated rings. The van der Waals surface area contributed by atoms with Gasteiger partial charge in [-0.2, -0.15) is 0 Å². The Morgan fingerprint density at radius 2 is 0.784 bits per heavy atom. The molecule has 0 atom stereocenters. The third-order valence-corrected chi connectivity index (χ3v) is 4.07. The molecule has 2 heterocycles. The van der Waals surface area contributed by atoms with E-state index < -0.39 is 5.09 Å². The minimum absolute atomic E-state index is 0. The summed E-state index contributed by atoms with van der Waals surface area (Å²) < 4.78 is 3.22. The molecule has 15 heteroatoms. The first kappa shape index (κ1) is 41.9. The fraction of sp³-hybridized carbons (Fsp3) is 0.818. The zero-order valence-electron chi connectivity index (χ0n) is 24.5. The average Bonchev–Trinajstić information content (AvgIpc) is 3.17. The van der Waals surface area contributed by atoms with Gasteiger partial charge in [0.2, 0.25) is 0 Å². The van der Waals surface area contributed by atoms with E-state index >= 15 is 0 Å². The maximum atomic E-state index is 8.25. The Kier molecular flexibility index (Phi) is 17.9. The van der Waals surface area contributed by atoms with Gasteiger partial charge in [0.1, 0.15) is 0 Å². The molecule has 0 unspecified atom stereocenters. The van der Waals surface area contributed by atoms with Crippen molar-refractivity contribution in [1.29, 1.82) is 0 Å². The number of rotatable bonds is 0. The molecule has 0 saturated heterocycles. The summed E-state index contributed by atoms with van der Waals surface area (Å²) in [6.07, 6.45) is 0. The van der Waals surface area contributed by atoms with E-state index in [0.717, 1.165) is 23.3 Å². The molecule has 0 aliphatic carbocycles. The van der Waals surface area contributed by atoms with Crippen molar-refractivity contribution >= 4 is 0 Å². The fourth-order valence-corrected chi connectivity index (χ4v) is 2.63. The first-order valence-corrected chi connectivity index (χ1v) is 11.3. The Bertz CT molecular complexity index is 784. The third kappa shape index (κ3) is 14.9. The van der Waals surface area contributed by atoms with Gasteiger partial charge in [-0.3, -0.25) is 0 Å². The second kappa shape index (κ2) is 15.9. The quantitative estimate of drug-likeness (QED) is 0.167. The van der Waals surface area contributed by atoms with Crippen molar-refractivity contribution in [2.24, 2.45) is 0 Å². The predicted molar refractivity (Wildman–Crippen MR) is 142 cm³/mol. The van der Waals surface area contributed by atoms with E-state index in [0.29, 0.717) is 0 Å². The number of hydrogen-bond acceptors (Lipinski definition) is 10. The van der Waals surface area contributed by atoms with Crippen LogP contribution in [0, 0.1) is 15.3 Å². The summed E-state index contributed by atoms with van der Waals surface area (Å²) >= 11 is 0. The zero-order chi connectivity index (χ0) is 28.6. The summed E-state index contributed by atoms with van der Waals surface area (Å²) in [4.78, 5) is 8.25. The molecule has 0 aliphatic rings. The molecule has 2 aromatic rings. The van der Waals surface area contributed by atoms with Crippen LogP contribution < -0.4 is 11.7 Å². The molecule has 0 amide bonds. The molecule has 0 radical (unpaired) electrons. The molecule has 0 bridgehead atoms. The van der Waals surface area contributed by atoms with Crippen LogP contribution in [-0.4, -0.2) is 52.0 Å². The molecular formula is C22H48AgN9O5. The molecule has 7 N–H and O–H groups in total. The molecule has 0 aliphatic heterocycles. The van der Waals surface area contributed by atoms with Gasteiger partial charge in [-0.1, -0.05) is 83.1 Å². The number of nitrogen functional groups attached to an aromatic ring is 2.